The third kappa shape index (κ3) is 2.07. The van der Waals surface area contributed by atoms with Gasteiger partial charge >= 0.3 is 0 Å². The number of rotatable bonds is 1. The van der Waals surface area contributed by atoms with Gasteiger partial charge < -0.3 is 0 Å². The Bertz CT molecular complexity index is 474. The summed E-state index contributed by atoms with van der Waals surface area (Å²) in [6, 6.07) is 10.5. The van der Waals surface area contributed by atoms with Crippen molar-refractivity contribution in [3.8, 4) is 11.1 Å². The zero-order valence-corrected chi connectivity index (χ0v) is 9.26. The molecule has 2 aromatic carbocycles. The van der Waals surface area contributed by atoms with Crippen molar-refractivity contribution in [2.45, 2.75) is 0 Å². The van der Waals surface area contributed by atoms with Gasteiger partial charge in [-0.15, -0.1) is 0 Å². The van der Waals surface area contributed by atoms with E-state index in [2.05, 4.69) is 15.9 Å². The first kappa shape index (κ1) is 10.3. The van der Waals surface area contributed by atoms with Gasteiger partial charge in [-0.2, -0.15) is 0 Å². The van der Waals surface area contributed by atoms with E-state index < -0.39 is 0 Å². The topological polar surface area (TPSA) is 0 Å². The summed E-state index contributed by atoms with van der Waals surface area (Å²) in [6.07, 6.45) is 0. The molecule has 2 rings (SSSR count). The molecule has 76 valence electrons. The highest BCUT2D eigenvalue weighted by atomic mass is 79.9. The van der Waals surface area contributed by atoms with E-state index in [4.69, 9.17) is 0 Å². The Morgan fingerprint density at radius 1 is 0.933 bits per heavy atom. The molecule has 3 heteroatoms. The van der Waals surface area contributed by atoms with Gasteiger partial charge in [-0.1, -0.05) is 34.1 Å². The van der Waals surface area contributed by atoms with Gasteiger partial charge in [0.1, 0.15) is 11.6 Å². The van der Waals surface area contributed by atoms with Crippen LogP contribution in [0.4, 0.5) is 8.78 Å². The van der Waals surface area contributed by atoms with Gasteiger partial charge in [0.05, 0.1) is 0 Å². The van der Waals surface area contributed by atoms with E-state index in [0.29, 0.717) is 15.6 Å². The highest BCUT2D eigenvalue weighted by Crippen LogP contribution is 2.30. The zero-order valence-electron chi connectivity index (χ0n) is 7.68. The first-order valence-electron chi connectivity index (χ1n) is 4.38. The van der Waals surface area contributed by atoms with Crippen molar-refractivity contribution in [3.63, 3.8) is 0 Å². The zero-order chi connectivity index (χ0) is 10.8. The second-order valence-corrected chi connectivity index (χ2v) is 3.96. The molecule has 0 bridgehead atoms. The third-order valence-electron chi connectivity index (χ3n) is 2.08. The number of halogens is 3. The Labute approximate surface area is 94.7 Å². The van der Waals surface area contributed by atoms with Gasteiger partial charge in [0, 0.05) is 10.0 Å². The van der Waals surface area contributed by atoms with Crippen LogP contribution in [0.3, 0.4) is 0 Å². The molecule has 0 amide bonds. The van der Waals surface area contributed by atoms with Crippen LogP contribution < -0.4 is 0 Å². The lowest BCUT2D eigenvalue weighted by Gasteiger charge is -2.05. The average Bonchev–Trinajstić information content (AvgIpc) is 2.17. The van der Waals surface area contributed by atoms with Gasteiger partial charge in [0.25, 0.3) is 0 Å². The predicted octanol–water partition coefficient (Wildman–Crippen LogP) is 4.39. The molecular formula is C12H7BrF2. The van der Waals surface area contributed by atoms with Crippen LogP contribution in [-0.2, 0) is 0 Å². The highest BCUT2D eigenvalue weighted by molar-refractivity contribution is 9.10. The minimum atomic E-state index is -0.373. The van der Waals surface area contributed by atoms with E-state index in [1.807, 2.05) is 0 Å². The van der Waals surface area contributed by atoms with Crippen molar-refractivity contribution in [2.75, 3.05) is 0 Å². The second kappa shape index (κ2) is 4.11. The summed E-state index contributed by atoms with van der Waals surface area (Å²) < 4.78 is 27.1. The van der Waals surface area contributed by atoms with Crippen LogP contribution in [0, 0.1) is 11.6 Å². The summed E-state index contributed by atoms with van der Waals surface area (Å²) in [5.74, 6) is -0.738. The molecule has 0 fully saturated rings. The van der Waals surface area contributed by atoms with E-state index in [1.165, 1.54) is 18.2 Å². The first-order valence-corrected chi connectivity index (χ1v) is 5.18. The van der Waals surface area contributed by atoms with Gasteiger partial charge in [-0.25, -0.2) is 8.78 Å². The summed E-state index contributed by atoms with van der Waals surface area (Å²) in [5, 5.41) is 0. The Morgan fingerprint density at radius 2 is 1.67 bits per heavy atom. The summed E-state index contributed by atoms with van der Waals surface area (Å²) >= 11 is 3.25. The highest BCUT2D eigenvalue weighted by Gasteiger charge is 2.09. The molecule has 0 atom stereocenters. The maximum atomic E-state index is 13.5. The molecule has 0 spiro atoms. The molecule has 0 saturated heterocycles. The van der Waals surface area contributed by atoms with E-state index in [0.717, 1.165) is 0 Å². The monoisotopic (exact) mass is 268 g/mol. The van der Waals surface area contributed by atoms with Gasteiger partial charge in [0.2, 0.25) is 0 Å². The second-order valence-electron chi connectivity index (χ2n) is 3.11. The SMILES string of the molecule is Fc1cccc(-c2c(F)cccc2Br)c1. The molecule has 15 heavy (non-hydrogen) atoms. The standard InChI is InChI=1S/C12H7BrF2/c13-10-5-2-6-11(15)12(10)8-3-1-4-9(14)7-8/h1-7H. The van der Waals surface area contributed by atoms with Crippen LogP contribution in [0.2, 0.25) is 0 Å². The fourth-order valence-electron chi connectivity index (χ4n) is 1.42. The molecule has 0 aliphatic carbocycles. The van der Waals surface area contributed by atoms with Crippen LogP contribution in [0.15, 0.2) is 46.9 Å². The first-order chi connectivity index (χ1) is 7.18. The van der Waals surface area contributed by atoms with E-state index >= 15 is 0 Å². The lowest BCUT2D eigenvalue weighted by molar-refractivity contribution is 0.624. The molecule has 0 aliphatic heterocycles. The summed E-state index contributed by atoms with van der Waals surface area (Å²) in [7, 11) is 0. The smallest absolute Gasteiger partial charge is 0.132 e. The maximum Gasteiger partial charge on any atom is 0.132 e. The average molecular weight is 269 g/mol. The molecule has 2 aromatic rings. The fraction of sp³-hybridized carbons (Fsp3) is 0. The molecule has 0 radical (unpaired) electrons. The quantitative estimate of drug-likeness (QED) is 0.720. The lowest BCUT2D eigenvalue weighted by Crippen LogP contribution is -1.86. The van der Waals surface area contributed by atoms with Crippen molar-refractivity contribution < 1.29 is 8.78 Å². The Morgan fingerprint density at radius 3 is 2.33 bits per heavy atom. The van der Waals surface area contributed by atoms with E-state index in [1.54, 1.807) is 24.3 Å². The predicted molar refractivity (Wildman–Crippen MR) is 59.5 cm³/mol. The maximum absolute atomic E-state index is 13.5. The molecule has 0 aliphatic rings. The summed E-state index contributed by atoms with van der Waals surface area (Å²) in [5.41, 5.74) is 0.914. The Hall–Kier alpha value is -1.22. The number of hydrogen-bond donors (Lipinski definition) is 0. The third-order valence-corrected chi connectivity index (χ3v) is 2.74. The van der Waals surface area contributed by atoms with Crippen molar-refractivity contribution in [1.29, 1.82) is 0 Å². The van der Waals surface area contributed by atoms with Gasteiger partial charge in [-0.05, 0) is 29.8 Å². The van der Waals surface area contributed by atoms with Crippen LogP contribution in [0.25, 0.3) is 11.1 Å². The number of hydrogen-bond acceptors (Lipinski definition) is 0. The van der Waals surface area contributed by atoms with Crippen molar-refractivity contribution in [1.82, 2.24) is 0 Å². The van der Waals surface area contributed by atoms with Crippen LogP contribution in [0.5, 0.6) is 0 Å². The lowest BCUT2D eigenvalue weighted by atomic mass is 10.1. The van der Waals surface area contributed by atoms with Crippen molar-refractivity contribution in [3.05, 3.63) is 58.6 Å². The normalized spacial score (nSPS) is 10.3. The molecule has 0 nitrogen and oxygen atoms in total. The molecular weight excluding hydrogens is 262 g/mol. The molecule has 0 unspecified atom stereocenters. The van der Waals surface area contributed by atoms with Crippen molar-refractivity contribution in [2.24, 2.45) is 0 Å². The Kier molecular flexibility index (Phi) is 2.82. The van der Waals surface area contributed by atoms with Crippen LogP contribution in [0.1, 0.15) is 0 Å². The van der Waals surface area contributed by atoms with Crippen LogP contribution in [-0.4, -0.2) is 0 Å². The number of benzene rings is 2. The molecule has 0 heterocycles. The minimum Gasteiger partial charge on any atom is -0.207 e. The Balaban J connectivity index is 2.63. The van der Waals surface area contributed by atoms with E-state index in [-0.39, 0.29) is 11.6 Å². The molecule has 0 saturated carbocycles. The van der Waals surface area contributed by atoms with Crippen molar-refractivity contribution >= 4 is 15.9 Å². The van der Waals surface area contributed by atoms with E-state index in [9.17, 15) is 8.78 Å². The molecule has 0 aromatic heterocycles. The van der Waals surface area contributed by atoms with Gasteiger partial charge in [-0.3, -0.25) is 0 Å². The summed E-state index contributed by atoms with van der Waals surface area (Å²) in [6.45, 7) is 0. The van der Waals surface area contributed by atoms with Gasteiger partial charge in [0.15, 0.2) is 0 Å². The van der Waals surface area contributed by atoms with Crippen LogP contribution >= 0.6 is 15.9 Å². The largest absolute Gasteiger partial charge is 0.207 e. The minimum absolute atomic E-state index is 0.366. The summed E-state index contributed by atoms with van der Waals surface area (Å²) in [4.78, 5) is 0. The fourth-order valence-corrected chi connectivity index (χ4v) is 1.99. The molecule has 0 N–H and O–H groups in total.